The Bertz CT molecular complexity index is 662. The number of benzene rings is 2. The van der Waals surface area contributed by atoms with E-state index in [1.807, 2.05) is 0 Å². The van der Waals surface area contributed by atoms with Gasteiger partial charge in [-0.3, -0.25) is 10.1 Å². The Balaban J connectivity index is 2.15. The van der Waals surface area contributed by atoms with Crippen molar-refractivity contribution in [2.45, 2.75) is 13.5 Å². The highest BCUT2D eigenvalue weighted by atomic mass is 35.5. The number of rotatable bonds is 4. The number of aryl methyl sites for hydroxylation is 1. The number of anilines is 1. The van der Waals surface area contributed by atoms with Crippen LogP contribution >= 0.6 is 11.6 Å². The van der Waals surface area contributed by atoms with Crippen LogP contribution in [0.2, 0.25) is 5.02 Å². The topological polar surface area (TPSA) is 55.2 Å². The van der Waals surface area contributed by atoms with Crippen molar-refractivity contribution in [1.29, 1.82) is 0 Å². The summed E-state index contributed by atoms with van der Waals surface area (Å²) in [6.07, 6.45) is 0. The Hall–Kier alpha value is -2.14. The van der Waals surface area contributed by atoms with Crippen molar-refractivity contribution in [2.75, 3.05) is 5.32 Å². The third-order valence-corrected chi connectivity index (χ3v) is 3.20. The molecule has 0 aliphatic carbocycles. The Morgan fingerprint density at radius 2 is 2.05 bits per heavy atom. The fourth-order valence-corrected chi connectivity index (χ4v) is 2.03. The molecule has 4 nitrogen and oxygen atoms in total. The smallest absolute Gasteiger partial charge is 0.272 e. The lowest BCUT2D eigenvalue weighted by molar-refractivity contribution is -0.385. The average molecular weight is 295 g/mol. The third kappa shape index (κ3) is 3.24. The van der Waals surface area contributed by atoms with Crippen LogP contribution in [0.5, 0.6) is 0 Å². The van der Waals surface area contributed by atoms with Gasteiger partial charge < -0.3 is 5.32 Å². The molecule has 0 aliphatic rings. The minimum absolute atomic E-state index is 0.0782. The second-order valence-corrected chi connectivity index (χ2v) is 4.76. The third-order valence-electron chi connectivity index (χ3n) is 2.88. The van der Waals surface area contributed by atoms with Crippen LogP contribution in [0.3, 0.4) is 0 Å². The van der Waals surface area contributed by atoms with Crippen LogP contribution in [0.1, 0.15) is 11.1 Å². The van der Waals surface area contributed by atoms with E-state index in [0.29, 0.717) is 17.8 Å². The van der Waals surface area contributed by atoms with Gasteiger partial charge in [0.05, 0.1) is 15.6 Å². The van der Waals surface area contributed by atoms with Crippen molar-refractivity contribution in [3.63, 3.8) is 0 Å². The molecule has 0 atom stereocenters. The molecule has 1 N–H and O–H groups in total. The van der Waals surface area contributed by atoms with Crippen molar-refractivity contribution in [1.82, 2.24) is 0 Å². The number of hydrogen-bond acceptors (Lipinski definition) is 3. The van der Waals surface area contributed by atoms with Gasteiger partial charge in [-0.15, -0.1) is 0 Å². The minimum atomic E-state index is -0.413. The second-order valence-electron chi connectivity index (χ2n) is 4.36. The molecule has 0 saturated heterocycles. The highest BCUT2D eigenvalue weighted by Gasteiger charge is 2.11. The predicted molar refractivity (Wildman–Crippen MR) is 76.6 cm³/mol. The molecule has 20 heavy (non-hydrogen) atoms. The summed E-state index contributed by atoms with van der Waals surface area (Å²) in [5.41, 5.74) is 2.02. The van der Waals surface area contributed by atoms with E-state index < -0.39 is 10.7 Å². The zero-order valence-electron chi connectivity index (χ0n) is 10.7. The van der Waals surface area contributed by atoms with Crippen LogP contribution < -0.4 is 5.32 Å². The summed E-state index contributed by atoms with van der Waals surface area (Å²) in [6.45, 7) is 2.05. The van der Waals surface area contributed by atoms with Crippen molar-refractivity contribution in [2.24, 2.45) is 0 Å². The van der Waals surface area contributed by atoms with Crippen molar-refractivity contribution >= 4 is 23.0 Å². The molecule has 0 unspecified atom stereocenters. The molecule has 6 heteroatoms. The molecule has 2 aromatic carbocycles. The van der Waals surface area contributed by atoms with Crippen LogP contribution in [-0.4, -0.2) is 4.92 Å². The monoisotopic (exact) mass is 294 g/mol. The van der Waals surface area contributed by atoms with Crippen molar-refractivity contribution in [3.05, 3.63) is 68.5 Å². The molecule has 0 aliphatic heterocycles. The van der Waals surface area contributed by atoms with Crippen molar-refractivity contribution in [3.8, 4) is 0 Å². The van der Waals surface area contributed by atoms with E-state index in [1.54, 1.807) is 19.1 Å². The summed E-state index contributed by atoms with van der Waals surface area (Å²) < 4.78 is 12.9. The zero-order valence-corrected chi connectivity index (χ0v) is 11.4. The van der Waals surface area contributed by atoms with Gasteiger partial charge in [-0.2, -0.15) is 0 Å². The van der Waals surface area contributed by atoms with E-state index >= 15 is 0 Å². The van der Waals surface area contributed by atoms with Gasteiger partial charge in [0.1, 0.15) is 5.82 Å². The first-order valence-corrected chi connectivity index (χ1v) is 6.28. The van der Waals surface area contributed by atoms with Crippen LogP contribution in [0.25, 0.3) is 0 Å². The number of halogens is 2. The fourth-order valence-electron chi connectivity index (χ4n) is 1.79. The van der Waals surface area contributed by atoms with Crippen LogP contribution in [-0.2, 0) is 6.54 Å². The van der Waals surface area contributed by atoms with Crippen LogP contribution in [0.4, 0.5) is 15.8 Å². The molecule has 2 rings (SSSR count). The fraction of sp³-hybridized carbons (Fsp3) is 0.143. The van der Waals surface area contributed by atoms with Gasteiger partial charge in [-0.25, -0.2) is 4.39 Å². The maximum Gasteiger partial charge on any atom is 0.272 e. The van der Waals surface area contributed by atoms with Gasteiger partial charge in [-0.1, -0.05) is 23.7 Å². The summed E-state index contributed by atoms with van der Waals surface area (Å²) in [7, 11) is 0. The normalized spacial score (nSPS) is 10.3. The molecule has 104 valence electrons. The Kier molecular flexibility index (Phi) is 4.20. The Morgan fingerprint density at radius 3 is 2.70 bits per heavy atom. The lowest BCUT2D eigenvalue weighted by Crippen LogP contribution is -2.01. The molecule has 0 aromatic heterocycles. The van der Waals surface area contributed by atoms with Gasteiger partial charge >= 0.3 is 0 Å². The maximum absolute atomic E-state index is 12.9. The van der Waals surface area contributed by atoms with Gasteiger partial charge in [0.25, 0.3) is 5.69 Å². The molecule has 0 heterocycles. The van der Waals surface area contributed by atoms with Crippen molar-refractivity contribution < 1.29 is 9.31 Å². The summed E-state index contributed by atoms with van der Waals surface area (Å²) in [5.74, 6) is -0.411. The molecular formula is C14H12ClFN2O2. The first-order valence-electron chi connectivity index (χ1n) is 5.90. The minimum Gasteiger partial charge on any atom is -0.380 e. The first-order chi connectivity index (χ1) is 9.47. The molecule has 0 bridgehead atoms. The largest absolute Gasteiger partial charge is 0.380 e. The average Bonchev–Trinajstić information content (AvgIpc) is 2.39. The first kappa shape index (κ1) is 14.3. The lowest BCUT2D eigenvalue weighted by atomic mass is 10.1. The molecule has 0 radical (unpaired) electrons. The number of hydrogen-bond donors (Lipinski definition) is 1. The van der Waals surface area contributed by atoms with Gasteiger partial charge in [0, 0.05) is 18.2 Å². The number of nitro benzene ring substituents is 1. The molecule has 0 spiro atoms. The number of nitrogens with one attached hydrogen (secondary N) is 1. The molecule has 0 saturated carbocycles. The Labute approximate surface area is 120 Å². The van der Waals surface area contributed by atoms with E-state index in [1.165, 1.54) is 24.3 Å². The predicted octanol–water partition coefficient (Wildman–Crippen LogP) is 4.31. The molecule has 0 amide bonds. The highest BCUT2D eigenvalue weighted by Crippen LogP contribution is 2.24. The summed E-state index contributed by atoms with van der Waals surface area (Å²) in [6, 6.07) is 9.04. The molecule has 0 fully saturated rings. The van der Waals surface area contributed by atoms with E-state index in [9.17, 15) is 14.5 Å². The van der Waals surface area contributed by atoms with Crippen LogP contribution in [0, 0.1) is 22.9 Å². The van der Waals surface area contributed by atoms with Crippen LogP contribution in [0.15, 0.2) is 36.4 Å². The highest BCUT2D eigenvalue weighted by molar-refractivity contribution is 6.33. The van der Waals surface area contributed by atoms with E-state index in [2.05, 4.69) is 5.32 Å². The zero-order chi connectivity index (χ0) is 14.7. The standard InChI is InChI=1S/C14H12ClFN2O2/c1-9-2-3-10(6-14(9)18(19)20)8-17-13-5-4-11(16)7-12(13)15/h2-7,17H,8H2,1H3. The van der Waals surface area contributed by atoms with E-state index in [-0.39, 0.29) is 10.7 Å². The lowest BCUT2D eigenvalue weighted by Gasteiger charge is -2.09. The second kappa shape index (κ2) is 5.88. The summed E-state index contributed by atoms with van der Waals surface area (Å²) >= 11 is 5.89. The van der Waals surface area contributed by atoms with E-state index in [0.717, 1.165) is 5.56 Å². The summed E-state index contributed by atoms with van der Waals surface area (Å²) in [4.78, 5) is 10.4. The number of nitro groups is 1. The maximum atomic E-state index is 12.9. The van der Waals surface area contributed by atoms with Gasteiger partial charge in [0.15, 0.2) is 0 Å². The van der Waals surface area contributed by atoms with Gasteiger partial charge in [0.2, 0.25) is 0 Å². The quantitative estimate of drug-likeness (QED) is 0.675. The summed E-state index contributed by atoms with van der Waals surface area (Å²) in [5, 5.41) is 14.2. The SMILES string of the molecule is Cc1ccc(CNc2ccc(F)cc2Cl)cc1[N+](=O)[O-]. The van der Waals surface area contributed by atoms with E-state index in [4.69, 9.17) is 11.6 Å². The van der Waals surface area contributed by atoms with Gasteiger partial charge in [-0.05, 0) is 30.7 Å². The molecular weight excluding hydrogens is 283 g/mol. The Morgan fingerprint density at radius 1 is 1.30 bits per heavy atom. The molecule has 2 aromatic rings. The number of nitrogens with zero attached hydrogens (tertiary/aromatic N) is 1.